The zero-order valence-corrected chi connectivity index (χ0v) is 18.8. The van der Waals surface area contributed by atoms with E-state index in [0.29, 0.717) is 11.5 Å². The third kappa shape index (κ3) is 6.20. The Balaban J connectivity index is 1.70. The first kappa shape index (κ1) is 22.6. The predicted octanol–water partition coefficient (Wildman–Crippen LogP) is 8.25. The fraction of sp³-hybridized carbons (Fsp3) is 0.536. The smallest absolute Gasteiger partial charge is 0.336 e. The molecule has 2 aromatic carbocycles. The average molecular weight is 407 g/mol. The molecule has 1 fully saturated rings. The first-order valence-corrected chi connectivity index (χ1v) is 12.0. The molecular formula is C28H38O2. The summed E-state index contributed by atoms with van der Waals surface area (Å²) in [5, 5.41) is 9.70. The molecule has 0 spiro atoms. The second-order valence-electron chi connectivity index (χ2n) is 9.28. The van der Waals surface area contributed by atoms with Crippen LogP contribution in [0.2, 0.25) is 0 Å². The average Bonchev–Trinajstić information content (AvgIpc) is 2.76. The van der Waals surface area contributed by atoms with Crippen LogP contribution in [0, 0.1) is 5.92 Å². The van der Waals surface area contributed by atoms with E-state index in [1.165, 1.54) is 75.3 Å². The lowest BCUT2D eigenvalue weighted by Crippen LogP contribution is -2.10. The number of benzene rings is 2. The minimum absolute atomic E-state index is 0.404. The van der Waals surface area contributed by atoms with Crippen LogP contribution in [0.15, 0.2) is 42.5 Å². The summed E-state index contributed by atoms with van der Waals surface area (Å²) in [7, 11) is 0. The summed E-state index contributed by atoms with van der Waals surface area (Å²) in [6.45, 7) is 4.60. The van der Waals surface area contributed by atoms with Crippen molar-refractivity contribution in [3.63, 3.8) is 0 Å². The molecule has 1 aliphatic carbocycles. The number of unbranched alkanes of at least 4 members (excludes halogenated alkanes) is 5. The second kappa shape index (κ2) is 11.3. The van der Waals surface area contributed by atoms with E-state index in [0.717, 1.165) is 23.5 Å². The molecule has 2 aromatic rings. The van der Waals surface area contributed by atoms with E-state index in [1.54, 1.807) is 6.07 Å². The number of hydrogen-bond acceptors (Lipinski definition) is 1. The van der Waals surface area contributed by atoms with Gasteiger partial charge in [0.2, 0.25) is 0 Å². The van der Waals surface area contributed by atoms with Crippen molar-refractivity contribution in [2.45, 2.75) is 90.4 Å². The van der Waals surface area contributed by atoms with Gasteiger partial charge in [-0.3, -0.25) is 0 Å². The Hall–Kier alpha value is -2.09. The van der Waals surface area contributed by atoms with Crippen LogP contribution < -0.4 is 0 Å². The summed E-state index contributed by atoms with van der Waals surface area (Å²) in [6.07, 6.45) is 13.9. The standard InChI is InChI=1S/C28H38O2/c1-3-4-5-6-7-8-9-22-12-19-26(28(29)30)27(20-22)25-17-15-24(16-18-25)23-13-10-21(2)11-14-23/h12,15-21,23H,3-11,13-14H2,1-2H3,(H,29,30). The van der Waals surface area contributed by atoms with Crippen LogP contribution in [-0.2, 0) is 6.42 Å². The van der Waals surface area contributed by atoms with Gasteiger partial charge in [-0.15, -0.1) is 0 Å². The van der Waals surface area contributed by atoms with Gasteiger partial charge in [0.1, 0.15) is 0 Å². The van der Waals surface area contributed by atoms with E-state index < -0.39 is 5.97 Å². The molecule has 162 valence electrons. The Morgan fingerprint density at radius 1 is 0.900 bits per heavy atom. The van der Waals surface area contributed by atoms with Crippen LogP contribution in [-0.4, -0.2) is 11.1 Å². The molecule has 2 nitrogen and oxygen atoms in total. The molecule has 0 saturated heterocycles. The maximum atomic E-state index is 11.8. The third-order valence-electron chi connectivity index (χ3n) is 6.84. The SMILES string of the molecule is CCCCCCCCc1ccc(C(=O)O)c(-c2ccc(C3CCC(C)CC3)cc2)c1. The quantitative estimate of drug-likeness (QED) is 0.403. The Morgan fingerprint density at radius 2 is 1.57 bits per heavy atom. The molecule has 0 atom stereocenters. The van der Waals surface area contributed by atoms with Gasteiger partial charge >= 0.3 is 5.97 Å². The van der Waals surface area contributed by atoms with E-state index in [-0.39, 0.29) is 0 Å². The zero-order valence-electron chi connectivity index (χ0n) is 18.8. The minimum atomic E-state index is -0.846. The molecule has 0 unspecified atom stereocenters. The van der Waals surface area contributed by atoms with Gasteiger partial charge in [-0.2, -0.15) is 0 Å². The normalized spacial score (nSPS) is 19.0. The van der Waals surface area contributed by atoms with Crippen molar-refractivity contribution in [1.29, 1.82) is 0 Å². The number of carboxylic acids is 1. The summed E-state index contributed by atoms with van der Waals surface area (Å²) in [5.41, 5.74) is 4.93. The summed E-state index contributed by atoms with van der Waals surface area (Å²) < 4.78 is 0. The van der Waals surface area contributed by atoms with Gasteiger partial charge in [0.25, 0.3) is 0 Å². The van der Waals surface area contributed by atoms with Crippen LogP contribution in [0.5, 0.6) is 0 Å². The van der Waals surface area contributed by atoms with Gasteiger partial charge in [-0.05, 0) is 65.8 Å². The van der Waals surface area contributed by atoms with Crippen molar-refractivity contribution in [1.82, 2.24) is 0 Å². The Kier molecular flexibility index (Phi) is 8.54. The molecule has 0 heterocycles. The zero-order chi connectivity index (χ0) is 21.3. The van der Waals surface area contributed by atoms with Crippen LogP contribution in [0.25, 0.3) is 11.1 Å². The lowest BCUT2D eigenvalue weighted by atomic mass is 9.79. The summed E-state index contributed by atoms with van der Waals surface area (Å²) >= 11 is 0. The Labute approximate surface area is 182 Å². The maximum absolute atomic E-state index is 11.8. The van der Waals surface area contributed by atoms with E-state index in [4.69, 9.17) is 0 Å². The molecule has 3 rings (SSSR count). The van der Waals surface area contributed by atoms with Crippen molar-refractivity contribution in [3.8, 4) is 11.1 Å². The molecule has 30 heavy (non-hydrogen) atoms. The Morgan fingerprint density at radius 3 is 2.23 bits per heavy atom. The number of rotatable bonds is 10. The van der Waals surface area contributed by atoms with Gasteiger partial charge < -0.3 is 5.11 Å². The monoisotopic (exact) mass is 406 g/mol. The fourth-order valence-corrected chi connectivity index (χ4v) is 4.81. The van der Waals surface area contributed by atoms with Crippen molar-refractivity contribution in [3.05, 3.63) is 59.2 Å². The van der Waals surface area contributed by atoms with Crippen molar-refractivity contribution in [2.75, 3.05) is 0 Å². The van der Waals surface area contributed by atoms with Gasteiger partial charge in [0.15, 0.2) is 0 Å². The van der Waals surface area contributed by atoms with E-state index in [9.17, 15) is 9.90 Å². The van der Waals surface area contributed by atoms with Gasteiger partial charge in [0, 0.05) is 0 Å². The lowest BCUT2D eigenvalue weighted by molar-refractivity contribution is 0.0697. The molecule has 0 amide bonds. The van der Waals surface area contributed by atoms with E-state index in [2.05, 4.69) is 44.2 Å². The number of aryl methyl sites for hydroxylation is 1. The second-order valence-corrected chi connectivity index (χ2v) is 9.28. The highest BCUT2D eigenvalue weighted by Crippen LogP contribution is 2.36. The maximum Gasteiger partial charge on any atom is 0.336 e. The van der Waals surface area contributed by atoms with E-state index in [1.807, 2.05) is 6.07 Å². The first-order valence-electron chi connectivity index (χ1n) is 12.0. The summed E-state index contributed by atoms with van der Waals surface area (Å²) in [6, 6.07) is 14.6. The van der Waals surface area contributed by atoms with Gasteiger partial charge in [-0.1, -0.05) is 95.2 Å². The predicted molar refractivity (Wildman–Crippen MR) is 126 cm³/mol. The van der Waals surface area contributed by atoms with Crippen LogP contribution in [0.4, 0.5) is 0 Å². The largest absolute Gasteiger partial charge is 0.478 e. The number of carboxylic acid groups (broad SMARTS) is 1. The van der Waals surface area contributed by atoms with Gasteiger partial charge in [0.05, 0.1) is 5.56 Å². The van der Waals surface area contributed by atoms with E-state index >= 15 is 0 Å². The van der Waals surface area contributed by atoms with Crippen LogP contribution in [0.1, 0.15) is 105 Å². The van der Waals surface area contributed by atoms with Crippen molar-refractivity contribution < 1.29 is 9.90 Å². The lowest BCUT2D eigenvalue weighted by Gasteiger charge is -2.26. The molecule has 1 aliphatic rings. The minimum Gasteiger partial charge on any atom is -0.478 e. The van der Waals surface area contributed by atoms with Crippen molar-refractivity contribution >= 4 is 5.97 Å². The number of hydrogen-bond donors (Lipinski definition) is 1. The third-order valence-corrected chi connectivity index (χ3v) is 6.84. The molecule has 0 bridgehead atoms. The molecule has 0 radical (unpaired) electrons. The highest BCUT2D eigenvalue weighted by atomic mass is 16.4. The van der Waals surface area contributed by atoms with Crippen LogP contribution >= 0.6 is 0 Å². The topological polar surface area (TPSA) is 37.3 Å². The first-order chi connectivity index (χ1) is 14.6. The molecule has 0 aliphatic heterocycles. The Bertz CT molecular complexity index is 798. The molecule has 2 heteroatoms. The van der Waals surface area contributed by atoms with Gasteiger partial charge in [-0.25, -0.2) is 4.79 Å². The number of aromatic carboxylic acids is 1. The molecule has 0 aromatic heterocycles. The van der Waals surface area contributed by atoms with Crippen LogP contribution in [0.3, 0.4) is 0 Å². The summed E-state index contributed by atoms with van der Waals surface area (Å²) in [4.78, 5) is 11.8. The summed E-state index contributed by atoms with van der Waals surface area (Å²) in [5.74, 6) is 0.669. The highest BCUT2D eigenvalue weighted by Gasteiger charge is 2.20. The molecule has 1 N–H and O–H groups in total. The van der Waals surface area contributed by atoms with Crippen molar-refractivity contribution in [2.24, 2.45) is 5.92 Å². The molecule has 1 saturated carbocycles. The highest BCUT2D eigenvalue weighted by molar-refractivity contribution is 5.96. The fourth-order valence-electron chi connectivity index (χ4n) is 4.81. The molecular weight excluding hydrogens is 368 g/mol. The number of carbonyl (C=O) groups is 1.